The smallest absolute Gasteiger partial charge is 0.230 e. The zero-order valence-electron chi connectivity index (χ0n) is 16.5. The number of carbonyl (C=O) groups is 1. The predicted molar refractivity (Wildman–Crippen MR) is 104 cm³/mol. The second-order valence-electron chi connectivity index (χ2n) is 7.63. The van der Waals surface area contributed by atoms with Crippen molar-refractivity contribution in [3.63, 3.8) is 0 Å². The number of hydrogen-bond donors (Lipinski definition) is 1. The minimum Gasteiger partial charge on any atom is -0.493 e. The van der Waals surface area contributed by atoms with Crippen molar-refractivity contribution in [1.29, 1.82) is 0 Å². The number of amides is 1. The average molecular weight is 370 g/mol. The first-order valence-corrected chi connectivity index (χ1v) is 8.95. The van der Waals surface area contributed by atoms with Gasteiger partial charge < -0.3 is 19.7 Å². The molecule has 0 bridgehead atoms. The molecule has 0 fully saturated rings. The Kier molecular flexibility index (Phi) is 5.21. The van der Waals surface area contributed by atoms with E-state index in [4.69, 9.17) is 9.47 Å². The third-order valence-corrected chi connectivity index (χ3v) is 4.62. The molecule has 0 spiro atoms. The Balaban J connectivity index is 1.74. The second-order valence-corrected chi connectivity index (χ2v) is 7.63. The van der Waals surface area contributed by atoms with Gasteiger partial charge in [0, 0.05) is 18.5 Å². The van der Waals surface area contributed by atoms with Crippen molar-refractivity contribution < 1.29 is 14.3 Å². The summed E-state index contributed by atoms with van der Waals surface area (Å²) in [5, 5.41) is 11.2. The van der Waals surface area contributed by atoms with Crippen molar-refractivity contribution in [2.24, 2.45) is 5.41 Å². The van der Waals surface area contributed by atoms with Gasteiger partial charge in [-0.1, -0.05) is 20.8 Å². The maximum Gasteiger partial charge on any atom is 0.230 e. The second kappa shape index (κ2) is 7.42. The Hall–Kier alpha value is -2.83. The van der Waals surface area contributed by atoms with Crippen LogP contribution in [0.15, 0.2) is 24.3 Å². The number of ether oxygens (including phenoxy) is 2. The number of methoxy groups -OCH3 is 2. The lowest BCUT2D eigenvalue weighted by molar-refractivity contribution is -0.123. The van der Waals surface area contributed by atoms with Crippen LogP contribution in [0.25, 0.3) is 0 Å². The predicted octanol–water partition coefficient (Wildman–Crippen LogP) is 3.04. The molecule has 144 valence electrons. The van der Waals surface area contributed by atoms with Crippen molar-refractivity contribution in [1.82, 2.24) is 10.2 Å². The lowest BCUT2D eigenvalue weighted by Gasteiger charge is -2.30. The summed E-state index contributed by atoms with van der Waals surface area (Å²) >= 11 is 0. The molecule has 1 N–H and O–H groups in total. The molecule has 1 aliphatic rings. The Labute approximate surface area is 159 Å². The van der Waals surface area contributed by atoms with Gasteiger partial charge in [0.25, 0.3) is 0 Å². The van der Waals surface area contributed by atoms with Gasteiger partial charge in [-0.05, 0) is 41.8 Å². The largest absolute Gasteiger partial charge is 0.493 e. The highest BCUT2D eigenvalue weighted by Gasteiger charge is 2.23. The Morgan fingerprint density at radius 3 is 2.30 bits per heavy atom. The van der Waals surface area contributed by atoms with Crippen molar-refractivity contribution in [2.75, 3.05) is 31.0 Å². The van der Waals surface area contributed by atoms with Gasteiger partial charge >= 0.3 is 0 Å². The van der Waals surface area contributed by atoms with Crippen molar-refractivity contribution in [2.45, 2.75) is 33.7 Å². The van der Waals surface area contributed by atoms with Crippen LogP contribution in [0, 0.1) is 5.41 Å². The Bertz CT molecular complexity index is 828. The van der Waals surface area contributed by atoms with E-state index in [1.54, 1.807) is 20.3 Å². The van der Waals surface area contributed by atoms with Crippen LogP contribution in [-0.4, -0.2) is 36.9 Å². The molecule has 1 aliphatic heterocycles. The molecule has 1 aromatic heterocycles. The number of anilines is 2. The van der Waals surface area contributed by atoms with Crippen molar-refractivity contribution in [3.05, 3.63) is 35.4 Å². The van der Waals surface area contributed by atoms with Gasteiger partial charge in [-0.15, -0.1) is 10.2 Å². The minimum atomic E-state index is -0.475. The third kappa shape index (κ3) is 4.13. The van der Waals surface area contributed by atoms with Crippen LogP contribution in [-0.2, 0) is 17.8 Å². The maximum absolute atomic E-state index is 12.1. The van der Waals surface area contributed by atoms with Gasteiger partial charge in [0.1, 0.15) is 0 Å². The number of carbonyl (C=O) groups excluding carboxylic acids is 1. The van der Waals surface area contributed by atoms with Gasteiger partial charge in [0.2, 0.25) is 5.91 Å². The van der Waals surface area contributed by atoms with Gasteiger partial charge in [-0.3, -0.25) is 4.79 Å². The van der Waals surface area contributed by atoms with E-state index in [9.17, 15) is 4.79 Å². The van der Waals surface area contributed by atoms with Crippen LogP contribution in [0.5, 0.6) is 11.5 Å². The maximum atomic E-state index is 12.1. The number of aromatic nitrogens is 2. The first-order chi connectivity index (χ1) is 12.8. The Morgan fingerprint density at radius 1 is 1.07 bits per heavy atom. The van der Waals surface area contributed by atoms with Crippen molar-refractivity contribution in [3.8, 4) is 11.5 Å². The minimum absolute atomic E-state index is 0.0857. The molecule has 0 radical (unpaired) electrons. The van der Waals surface area contributed by atoms with Crippen LogP contribution >= 0.6 is 0 Å². The summed E-state index contributed by atoms with van der Waals surface area (Å²) < 4.78 is 10.8. The molecule has 7 nitrogen and oxygen atoms in total. The molecule has 0 unspecified atom stereocenters. The van der Waals surface area contributed by atoms with Gasteiger partial charge in [0.05, 0.1) is 14.2 Å². The van der Waals surface area contributed by atoms with E-state index in [2.05, 4.69) is 20.4 Å². The summed E-state index contributed by atoms with van der Waals surface area (Å²) in [6.07, 6.45) is 0.889. The van der Waals surface area contributed by atoms with E-state index in [1.165, 1.54) is 11.1 Å². The van der Waals surface area contributed by atoms with Gasteiger partial charge in [-0.25, -0.2) is 0 Å². The molecule has 1 amide bonds. The zero-order valence-corrected chi connectivity index (χ0v) is 16.5. The molecule has 0 saturated carbocycles. The summed E-state index contributed by atoms with van der Waals surface area (Å²) in [5.41, 5.74) is 1.97. The van der Waals surface area contributed by atoms with Crippen LogP contribution in [0.3, 0.4) is 0 Å². The summed E-state index contributed by atoms with van der Waals surface area (Å²) in [5.74, 6) is 2.64. The number of benzene rings is 1. The van der Waals surface area contributed by atoms with E-state index in [-0.39, 0.29) is 5.91 Å². The molecule has 7 heteroatoms. The first-order valence-electron chi connectivity index (χ1n) is 8.95. The zero-order chi connectivity index (χ0) is 19.6. The summed E-state index contributed by atoms with van der Waals surface area (Å²) in [7, 11) is 3.29. The normalized spacial score (nSPS) is 13.7. The van der Waals surface area contributed by atoms with Crippen LogP contribution < -0.4 is 19.7 Å². The fourth-order valence-corrected chi connectivity index (χ4v) is 2.94. The molecule has 0 saturated heterocycles. The molecule has 1 aromatic carbocycles. The quantitative estimate of drug-likeness (QED) is 0.891. The number of fused-ring (bicyclic) bond motifs is 1. The first kappa shape index (κ1) is 18.9. The molecular formula is C20H26N4O3. The van der Waals surface area contributed by atoms with E-state index in [0.717, 1.165) is 36.8 Å². The third-order valence-electron chi connectivity index (χ3n) is 4.62. The number of nitrogens with zero attached hydrogens (tertiary/aromatic N) is 3. The standard InChI is InChI=1S/C20H26N4O3/c1-20(2,3)19(25)21-17-6-7-18(23-22-17)24-9-8-13-10-15(26-4)16(27-5)11-14(13)12-24/h6-7,10-11H,8-9,12H2,1-5H3,(H,21,22,25). The van der Waals surface area contributed by atoms with Crippen LogP contribution in [0.1, 0.15) is 31.9 Å². The average Bonchev–Trinajstić information content (AvgIpc) is 2.66. The molecule has 2 heterocycles. The van der Waals surface area contributed by atoms with E-state index >= 15 is 0 Å². The Morgan fingerprint density at radius 2 is 1.74 bits per heavy atom. The highest BCUT2D eigenvalue weighted by Crippen LogP contribution is 2.34. The van der Waals surface area contributed by atoms with Crippen LogP contribution in [0.2, 0.25) is 0 Å². The SMILES string of the molecule is COc1cc2c(cc1OC)CN(c1ccc(NC(=O)C(C)(C)C)nn1)CC2. The topological polar surface area (TPSA) is 76.6 Å². The van der Waals surface area contributed by atoms with Gasteiger partial charge in [-0.2, -0.15) is 0 Å². The lowest BCUT2D eigenvalue weighted by Crippen LogP contribution is -2.31. The van der Waals surface area contributed by atoms with E-state index < -0.39 is 5.41 Å². The fourth-order valence-electron chi connectivity index (χ4n) is 2.94. The molecule has 0 atom stereocenters. The number of rotatable bonds is 4. The molecule has 3 rings (SSSR count). The summed E-state index contributed by atoms with van der Waals surface area (Å²) in [6, 6.07) is 7.74. The van der Waals surface area contributed by atoms with Crippen LogP contribution in [0.4, 0.5) is 11.6 Å². The monoisotopic (exact) mass is 370 g/mol. The summed E-state index contributed by atoms with van der Waals surface area (Å²) in [6.45, 7) is 7.14. The molecular weight excluding hydrogens is 344 g/mol. The lowest BCUT2D eigenvalue weighted by atomic mass is 9.96. The van der Waals surface area contributed by atoms with E-state index in [0.29, 0.717) is 5.82 Å². The van der Waals surface area contributed by atoms with E-state index in [1.807, 2.05) is 39.0 Å². The number of hydrogen-bond acceptors (Lipinski definition) is 6. The number of nitrogens with one attached hydrogen (secondary N) is 1. The fraction of sp³-hybridized carbons (Fsp3) is 0.450. The highest BCUT2D eigenvalue weighted by atomic mass is 16.5. The van der Waals surface area contributed by atoms with Gasteiger partial charge in [0.15, 0.2) is 23.1 Å². The highest BCUT2D eigenvalue weighted by molar-refractivity contribution is 5.93. The van der Waals surface area contributed by atoms with Crippen molar-refractivity contribution >= 4 is 17.5 Å². The molecule has 0 aliphatic carbocycles. The molecule has 27 heavy (non-hydrogen) atoms. The summed E-state index contributed by atoms with van der Waals surface area (Å²) in [4.78, 5) is 14.2. The molecule has 2 aromatic rings.